The van der Waals surface area contributed by atoms with Crippen LogP contribution in [0.2, 0.25) is 0 Å². The van der Waals surface area contributed by atoms with E-state index in [-0.39, 0.29) is 19.1 Å². The molecule has 0 saturated carbocycles. The number of benzene rings is 2. The lowest BCUT2D eigenvalue weighted by Gasteiger charge is -2.09. The lowest BCUT2D eigenvalue weighted by atomic mass is 10.3. The van der Waals surface area contributed by atoms with Gasteiger partial charge < -0.3 is 14.8 Å². The summed E-state index contributed by atoms with van der Waals surface area (Å²) in [5.74, 6) is 1.59. The minimum Gasteiger partial charge on any atom is -0.494 e. The number of carbonyl (C=O) groups excluding carboxylic acids is 1. The molecule has 0 aliphatic rings. The molecular formula is C18H18BrN5O3. The van der Waals surface area contributed by atoms with E-state index in [2.05, 4.69) is 36.8 Å². The predicted molar refractivity (Wildman–Crippen MR) is 102 cm³/mol. The third kappa shape index (κ3) is 5.27. The van der Waals surface area contributed by atoms with E-state index in [4.69, 9.17) is 9.47 Å². The molecule has 3 aromatic rings. The van der Waals surface area contributed by atoms with Crippen LogP contribution in [0, 0.1) is 0 Å². The molecule has 0 bridgehead atoms. The average Bonchev–Trinajstić information content (AvgIpc) is 3.15. The minimum atomic E-state index is -0.271. The first kappa shape index (κ1) is 18.8. The van der Waals surface area contributed by atoms with Gasteiger partial charge >= 0.3 is 0 Å². The van der Waals surface area contributed by atoms with Crippen LogP contribution in [0.25, 0.3) is 5.69 Å². The molecule has 2 aromatic carbocycles. The second kappa shape index (κ2) is 9.13. The van der Waals surface area contributed by atoms with Gasteiger partial charge in [-0.05, 0) is 59.8 Å². The number of rotatable bonds is 8. The van der Waals surface area contributed by atoms with Crippen LogP contribution >= 0.6 is 15.9 Å². The van der Waals surface area contributed by atoms with Crippen LogP contribution in [-0.4, -0.2) is 39.3 Å². The van der Waals surface area contributed by atoms with E-state index >= 15 is 0 Å². The lowest BCUT2D eigenvalue weighted by molar-refractivity contribution is -0.123. The van der Waals surface area contributed by atoms with E-state index in [0.29, 0.717) is 18.2 Å². The lowest BCUT2D eigenvalue weighted by Crippen LogP contribution is -2.29. The van der Waals surface area contributed by atoms with E-state index in [1.807, 2.05) is 31.2 Å². The molecule has 140 valence electrons. The summed E-state index contributed by atoms with van der Waals surface area (Å²) in [6.45, 7) is 2.60. The fraction of sp³-hybridized carbons (Fsp3) is 0.222. The molecular weight excluding hydrogens is 414 g/mol. The van der Waals surface area contributed by atoms with Crippen molar-refractivity contribution in [2.45, 2.75) is 13.5 Å². The first-order chi connectivity index (χ1) is 13.2. The molecule has 1 aromatic heterocycles. The van der Waals surface area contributed by atoms with Gasteiger partial charge in [-0.2, -0.15) is 4.68 Å². The van der Waals surface area contributed by atoms with E-state index in [1.165, 1.54) is 0 Å². The summed E-state index contributed by atoms with van der Waals surface area (Å²) in [7, 11) is 0. The Labute approximate surface area is 164 Å². The van der Waals surface area contributed by atoms with Crippen LogP contribution in [0.1, 0.15) is 12.7 Å². The van der Waals surface area contributed by atoms with Gasteiger partial charge in [-0.1, -0.05) is 22.0 Å². The molecule has 0 fully saturated rings. The van der Waals surface area contributed by atoms with Gasteiger partial charge in [0.1, 0.15) is 11.5 Å². The number of nitrogens with zero attached hydrogens (tertiary/aromatic N) is 4. The standard InChI is InChI=1S/C18H18BrN5O3/c1-2-26-15-6-8-16(9-7-15)27-12-18(25)20-11-17-21-22-23-24(17)14-5-3-4-13(19)10-14/h3-10H,2,11-12H2,1H3,(H,20,25). The number of ether oxygens (including phenoxy) is 2. The van der Waals surface area contributed by atoms with E-state index in [1.54, 1.807) is 28.9 Å². The van der Waals surface area contributed by atoms with Gasteiger partial charge in [0.2, 0.25) is 0 Å². The third-order valence-corrected chi connectivity index (χ3v) is 4.03. The smallest absolute Gasteiger partial charge is 0.258 e. The number of tetrazole rings is 1. The summed E-state index contributed by atoms with van der Waals surface area (Å²) in [5.41, 5.74) is 0.796. The zero-order valence-electron chi connectivity index (χ0n) is 14.6. The summed E-state index contributed by atoms with van der Waals surface area (Å²) in [5, 5.41) is 14.3. The SMILES string of the molecule is CCOc1ccc(OCC(=O)NCc2nnnn2-c2cccc(Br)c2)cc1. The van der Waals surface area contributed by atoms with Gasteiger partial charge in [-0.15, -0.1) is 5.10 Å². The van der Waals surface area contributed by atoms with Crippen LogP contribution in [0.15, 0.2) is 53.0 Å². The first-order valence-corrected chi connectivity index (χ1v) is 9.10. The Kier molecular flexibility index (Phi) is 6.37. The fourth-order valence-electron chi connectivity index (χ4n) is 2.30. The van der Waals surface area contributed by atoms with Gasteiger partial charge in [-0.25, -0.2) is 0 Å². The second-order valence-corrected chi connectivity index (χ2v) is 6.37. The summed E-state index contributed by atoms with van der Waals surface area (Å²) in [4.78, 5) is 12.0. The summed E-state index contributed by atoms with van der Waals surface area (Å²) < 4.78 is 13.3. The number of amides is 1. The number of nitrogens with one attached hydrogen (secondary N) is 1. The molecule has 27 heavy (non-hydrogen) atoms. The van der Waals surface area contributed by atoms with E-state index in [0.717, 1.165) is 15.9 Å². The Balaban J connectivity index is 1.52. The molecule has 1 N–H and O–H groups in total. The predicted octanol–water partition coefficient (Wildman–Crippen LogP) is 2.52. The summed E-state index contributed by atoms with van der Waals surface area (Å²) in [6, 6.07) is 14.7. The van der Waals surface area contributed by atoms with Crippen molar-refractivity contribution in [1.82, 2.24) is 25.5 Å². The molecule has 0 aliphatic carbocycles. The highest BCUT2D eigenvalue weighted by Crippen LogP contribution is 2.17. The first-order valence-electron chi connectivity index (χ1n) is 8.31. The molecule has 0 saturated heterocycles. The molecule has 0 radical (unpaired) electrons. The van der Waals surface area contributed by atoms with Gasteiger partial charge in [0.05, 0.1) is 18.8 Å². The molecule has 0 spiro atoms. The van der Waals surface area contributed by atoms with Gasteiger partial charge in [-0.3, -0.25) is 4.79 Å². The molecule has 9 heteroatoms. The largest absolute Gasteiger partial charge is 0.494 e. The third-order valence-electron chi connectivity index (χ3n) is 3.54. The van der Waals surface area contributed by atoms with Crippen molar-refractivity contribution in [3.8, 4) is 17.2 Å². The molecule has 0 unspecified atom stereocenters. The Morgan fingerprint density at radius 2 is 1.89 bits per heavy atom. The number of carbonyl (C=O) groups is 1. The molecule has 3 rings (SSSR count). The molecule has 1 amide bonds. The Bertz CT molecular complexity index is 898. The summed E-state index contributed by atoms with van der Waals surface area (Å²) >= 11 is 3.41. The van der Waals surface area contributed by atoms with E-state index in [9.17, 15) is 4.79 Å². The normalized spacial score (nSPS) is 10.4. The van der Waals surface area contributed by atoms with E-state index < -0.39 is 0 Å². The maximum Gasteiger partial charge on any atom is 0.258 e. The van der Waals surface area contributed by atoms with Crippen molar-refractivity contribution >= 4 is 21.8 Å². The monoisotopic (exact) mass is 431 g/mol. The van der Waals surface area contributed by atoms with Crippen molar-refractivity contribution in [3.63, 3.8) is 0 Å². The number of aromatic nitrogens is 4. The van der Waals surface area contributed by atoms with Gasteiger partial charge in [0.15, 0.2) is 12.4 Å². The quantitative estimate of drug-likeness (QED) is 0.588. The van der Waals surface area contributed by atoms with Crippen molar-refractivity contribution in [2.24, 2.45) is 0 Å². The molecule has 0 atom stereocenters. The maximum atomic E-state index is 12.0. The van der Waals surface area contributed by atoms with Crippen molar-refractivity contribution < 1.29 is 14.3 Å². The van der Waals surface area contributed by atoms with Crippen molar-refractivity contribution in [1.29, 1.82) is 0 Å². The molecule has 8 nitrogen and oxygen atoms in total. The van der Waals surface area contributed by atoms with Gasteiger partial charge in [0.25, 0.3) is 5.91 Å². The van der Waals surface area contributed by atoms with Crippen molar-refractivity contribution in [2.75, 3.05) is 13.2 Å². The highest BCUT2D eigenvalue weighted by molar-refractivity contribution is 9.10. The number of hydrogen-bond donors (Lipinski definition) is 1. The Morgan fingerprint density at radius 1 is 1.15 bits per heavy atom. The number of halogens is 1. The number of hydrogen-bond acceptors (Lipinski definition) is 6. The minimum absolute atomic E-state index is 0.105. The van der Waals surface area contributed by atoms with Crippen LogP contribution in [-0.2, 0) is 11.3 Å². The average molecular weight is 432 g/mol. The molecule has 1 heterocycles. The van der Waals surface area contributed by atoms with Crippen LogP contribution < -0.4 is 14.8 Å². The zero-order valence-corrected chi connectivity index (χ0v) is 16.2. The Hall–Kier alpha value is -2.94. The molecule has 0 aliphatic heterocycles. The zero-order chi connectivity index (χ0) is 19.1. The Morgan fingerprint density at radius 3 is 2.59 bits per heavy atom. The maximum absolute atomic E-state index is 12.0. The second-order valence-electron chi connectivity index (χ2n) is 5.46. The fourth-order valence-corrected chi connectivity index (χ4v) is 2.69. The van der Waals surface area contributed by atoms with Crippen LogP contribution in [0.3, 0.4) is 0 Å². The summed E-state index contributed by atoms with van der Waals surface area (Å²) in [6.07, 6.45) is 0. The van der Waals surface area contributed by atoms with Crippen LogP contribution in [0.5, 0.6) is 11.5 Å². The highest BCUT2D eigenvalue weighted by atomic mass is 79.9. The highest BCUT2D eigenvalue weighted by Gasteiger charge is 2.10. The topological polar surface area (TPSA) is 91.2 Å². The van der Waals surface area contributed by atoms with Crippen LogP contribution in [0.4, 0.5) is 0 Å². The van der Waals surface area contributed by atoms with Gasteiger partial charge in [0, 0.05) is 4.47 Å². The van der Waals surface area contributed by atoms with Crippen molar-refractivity contribution in [3.05, 3.63) is 58.8 Å².